The second-order valence-electron chi connectivity index (χ2n) is 4.27. The normalized spacial score (nSPS) is 22.2. The van der Waals surface area contributed by atoms with Crippen LogP contribution in [0.3, 0.4) is 0 Å². The summed E-state index contributed by atoms with van der Waals surface area (Å²) in [6.07, 6.45) is 4.60. The molecule has 1 unspecified atom stereocenters. The van der Waals surface area contributed by atoms with Crippen molar-refractivity contribution in [3.05, 3.63) is 18.0 Å². The molecule has 1 atom stereocenters. The summed E-state index contributed by atoms with van der Waals surface area (Å²) >= 11 is 0. The van der Waals surface area contributed by atoms with Gasteiger partial charge in [0, 0.05) is 19.8 Å². The average molecular weight is 223 g/mol. The number of carbonyl (C=O) groups is 1. The molecule has 1 aliphatic rings. The summed E-state index contributed by atoms with van der Waals surface area (Å²) in [5, 5.41) is 13.2. The fourth-order valence-corrected chi connectivity index (χ4v) is 2.22. The zero-order chi connectivity index (χ0) is 11.5. The molecule has 0 aromatic carbocycles. The highest BCUT2D eigenvalue weighted by Gasteiger charge is 2.28. The van der Waals surface area contributed by atoms with Gasteiger partial charge in [0.25, 0.3) is 0 Å². The molecule has 2 heterocycles. The van der Waals surface area contributed by atoms with Crippen molar-refractivity contribution < 1.29 is 9.90 Å². The van der Waals surface area contributed by atoms with E-state index in [1.165, 1.54) is 0 Å². The number of nitrogens with zero attached hydrogens (tertiary/aromatic N) is 3. The molecule has 16 heavy (non-hydrogen) atoms. The van der Waals surface area contributed by atoms with Gasteiger partial charge in [-0.1, -0.05) is 6.42 Å². The number of aliphatic carboxylic acids is 1. The van der Waals surface area contributed by atoms with E-state index in [1.807, 2.05) is 18.0 Å². The standard InChI is InChI=1S/C11H17N3O2/c1-13-9(5-6-12-13)8-14-7-3-2-4-10(14)11(15)16/h5-6,10H,2-4,7-8H2,1H3,(H,15,16). The minimum Gasteiger partial charge on any atom is -0.480 e. The summed E-state index contributed by atoms with van der Waals surface area (Å²) in [6, 6.07) is 1.61. The summed E-state index contributed by atoms with van der Waals surface area (Å²) in [4.78, 5) is 13.1. The van der Waals surface area contributed by atoms with Gasteiger partial charge in [0.15, 0.2) is 0 Å². The van der Waals surface area contributed by atoms with E-state index in [0.717, 1.165) is 31.5 Å². The van der Waals surface area contributed by atoms with E-state index >= 15 is 0 Å². The van der Waals surface area contributed by atoms with Crippen molar-refractivity contribution in [2.75, 3.05) is 6.54 Å². The number of carboxylic acid groups (broad SMARTS) is 1. The summed E-state index contributed by atoms with van der Waals surface area (Å²) in [7, 11) is 1.88. The summed E-state index contributed by atoms with van der Waals surface area (Å²) < 4.78 is 1.80. The maximum Gasteiger partial charge on any atom is 0.320 e. The van der Waals surface area contributed by atoms with Gasteiger partial charge < -0.3 is 5.11 Å². The highest BCUT2D eigenvalue weighted by molar-refractivity contribution is 5.73. The Morgan fingerprint density at radius 1 is 1.62 bits per heavy atom. The number of rotatable bonds is 3. The molecule has 88 valence electrons. The topological polar surface area (TPSA) is 58.4 Å². The van der Waals surface area contributed by atoms with Crippen molar-refractivity contribution in [1.82, 2.24) is 14.7 Å². The van der Waals surface area contributed by atoms with Crippen LogP contribution in [0, 0.1) is 0 Å². The smallest absolute Gasteiger partial charge is 0.320 e. The zero-order valence-corrected chi connectivity index (χ0v) is 9.46. The van der Waals surface area contributed by atoms with E-state index < -0.39 is 5.97 Å². The molecule has 0 aliphatic carbocycles. The molecule has 1 aromatic heterocycles. The zero-order valence-electron chi connectivity index (χ0n) is 9.46. The van der Waals surface area contributed by atoms with Gasteiger partial charge in [-0.15, -0.1) is 0 Å². The molecular formula is C11H17N3O2. The Balaban J connectivity index is 2.07. The second kappa shape index (κ2) is 4.65. The van der Waals surface area contributed by atoms with Crippen LogP contribution in [0.15, 0.2) is 12.3 Å². The molecule has 1 fully saturated rings. The highest BCUT2D eigenvalue weighted by Crippen LogP contribution is 2.19. The minimum atomic E-state index is -0.707. The molecule has 1 N–H and O–H groups in total. The maximum absolute atomic E-state index is 11.1. The van der Waals surface area contributed by atoms with Gasteiger partial charge in [-0.25, -0.2) is 0 Å². The van der Waals surface area contributed by atoms with Crippen LogP contribution in [0.4, 0.5) is 0 Å². The molecule has 0 spiro atoms. The lowest BCUT2D eigenvalue weighted by molar-refractivity contribution is -0.144. The predicted molar refractivity (Wildman–Crippen MR) is 58.9 cm³/mol. The number of aromatic nitrogens is 2. The first-order chi connectivity index (χ1) is 7.68. The molecule has 5 heteroatoms. The Morgan fingerprint density at radius 3 is 3.06 bits per heavy atom. The quantitative estimate of drug-likeness (QED) is 0.825. The number of aryl methyl sites for hydroxylation is 1. The molecule has 0 bridgehead atoms. The van der Waals surface area contributed by atoms with E-state index in [1.54, 1.807) is 10.9 Å². The van der Waals surface area contributed by atoms with Gasteiger partial charge in [0.1, 0.15) is 6.04 Å². The number of likely N-dealkylation sites (tertiary alicyclic amines) is 1. The summed E-state index contributed by atoms with van der Waals surface area (Å²) in [5.74, 6) is -0.707. The van der Waals surface area contributed by atoms with Gasteiger partial charge in [-0.05, 0) is 25.5 Å². The van der Waals surface area contributed by atoms with Crippen molar-refractivity contribution in [3.8, 4) is 0 Å². The van der Waals surface area contributed by atoms with Crippen molar-refractivity contribution >= 4 is 5.97 Å². The molecule has 1 saturated heterocycles. The van der Waals surface area contributed by atoms with Crippen LogP contribution in [0.1, 0.15) is 25.0 Å². The highest BCUT2D eigenvalue weighted by atomic mass is 16.4. The van der Waals surface area contributed by atoms with Crippen molar-refractivity contribution in [3.63, 3.8) is 0 Å². The van der Waals surface area contributed by atoms with Crippen molar-refractivity contribution in [2.24, 2.45) is 7.05 Å². The van der Waals surface area contributed by atoms with Gasteiger partial charge in [-0.2, -0.15) is 5.10 Å². The van der Waals surface area contributed by atoms with Crippen LogP contribution in [-0.2, 0) is 18.4 Å². The number of hydrogen-bond donors (Lipinski definition) is 1. The Hall–Kier alpha value is -1.36. The predicted octanol–water partition coefficient (Wildman–Crippen LogP) is 0.859. The third kappa shape index (κ3) is 2.24. The lowest BCUT2D eigenvalue weighted by Crippen LogP contribution is -2.44. The molecular weight excluding hydrogens is 206 g/mol. The van der Waals surface area contributed by atoms with Gasteiger partial charge in [0.2, 0.25) is 0 Å². The van der Waals surface area contributed by atoms with Gasteiger partial charge in [-0.3, -0.25) is 14.4 Å². The van der Waals surface area contributed by atoms with Gasteiger partial charge >= 0.3 is 5.97 Å². The van der Waals surface area contributed by atoms with E-state index in [-0.39, 0.29) is 6.04 Å². The maximum atomic E-state index is 11.1. The molecule has 1 aliphatic heterocycles. The first-order valence-electron chi connectivity index (χ1n) is 5.62. The second-order valence-corrected chi connectivity index (χ2v) is 4.27. The first kappa shape index (κ1) is 11.1. The van der Waals surface area contributed by atoms with E-state index in [0.29, 0.717) is 6.54 Å². The number of piperidine rings is 1. The SMILES string of the molecule is Cn1nccc1CN1CCCCC1C(=O)O. The van der Waals surface area contributed by atoms with E-state index in [2.05, 4.69) is 5.10 Å². The Morgan fingerprint density at radius 2 is 2.44 bits per heavy atom. The van der Waals surface area contributed by atoms with Crippen LogP contribution in [-0.4, -0.2) is 38.3 Å². The molecule has 1 aromatic rings. The van der Waals surface area contributed by atoms with Crippen LogP contribution >= 0.6 is 0 Å². The molecule has 0 radical (unpaired) electrons. The summed E-state index contributed by atoms with van der Waals surface area (Å²) in [6.45, 7) is 1.54. The fraction of sp³-hybridized carbons (Fsp3) is 0.636. The molecule has 0 saturated carbocycles. The average Bonchev–Trinajstić information content (AvgIpc) is 2.65. The number of hydrogen-bond acceptors (Lipinski definition) is 3. The third-order valence-corrected chi connectivity index (χ3v) is 3.19. The van der Waals surface area contributed by atoms with Crippen LogP contribution in [0.2, 0.25) is 0 Å². The van der Waals surface area contributed by atoms with Crippen LogP contribution in [0.25, 0.3) is 0 Å². The lowest BCUT2D eigenvalue weighted by atomic mass is 10.0. The van der Waals surface area contributed by atoms with E-state index in [4.69, 9.17) is 5.11 Å². The Labute approximate surface area is 94.7 Å². The number of carboxylic acids is 1. The van der Waals surface area contributed by atoms with Crippen molar-refractivity contribution in [1.29, 1.82) is 0 Å². The molecule has 0 amide bonds. The van der Waals surface area contributed by atoms with Gasteiger partial charge in [0.05, 0.1) is 5.69 Å². The minimum absolute atomic E-state index is 0.330. The van der Waals surface area contributed by atoms with Crippen LogP contribution < -0.4 is 0 Å². The summed E-state index contributed by atoms with van der Waals surface area (Å²) in [5.41, 5.74) is 1.06. The lowest BCUT2D eigenvalue weighted by Gasteiger charge is -2.32. The Kier molecular flexibility index (Phi) is 3.24. The largest absolute Gasteiger partial charge is 0.480 e. The monoisotopic (exact) mass is 223 g/mol. The molecule has 5 nitrogen and oxygen atoms in total. The Bertz CT molecular complexity index is 375. The fourth-order valence-electron chi connectivity index (χ4n) is 2.22. The van der Waals surface area contributed by atoms with Crippen molar-refractivity contribution in [2.45, 2.75) is 31.8 Å². The third-order valence-electron chi connectivity index (χ3n) is 3.19. The first-order valence-corrected chi connectivity index (χ1v) is 5.62. The van der Waals surface area contributed by atoms with E-state index in [9.17, 15) is 4.79 Å². The molecule has 2 rings (SSSR count). The van der Waals surface area contributed by atoms with Crippen LogP contribution in [0.5, 0.6) is 0 Å².